The summed E-state index contributed by atoms with van der Waals surface area (Å²) < 4.78 is 0. The first kappa shape index (κ1) is 11.1. The van der Waals surface area contributed by atoms with E-state index in [1.807, 2.05) is 0 Å². The van der Waals surface area contributed by atoms with Crippen molar-refractivity contribution in [2.75, 3.05) is 0 Å². The van der Waals surface area contributed by atoms with Crippen molar-refractivity contribution in [3.8, 4) is 0 Å². The number of carbonyl (C=O) groups excluding carboxylic acids is 1. The van der Waals surface area contributed by atoms with Crippen molar-refractivity contribution in [2.24, 2.45) is 17.3 Å². The Balaban J connectivity index is 2.02. The molecule has 3 rings (SSSR count). The molecule has 0 aliphatic heterocycles. The van der Waals surface area contributed by atoms with E-state index in [9.17, 15) is 9.90 Å². The van der Waals surface area contributed by atoms with Crippen LogP contribution in [0.5, 0.6) is 0 Å². The number of aliphatic hydroxyl groups excluding tert-OH is 1. The lowest BCUT2D eigenvalue weighted by molar-refractivity contribution is -0.114. The molecule has 0 aromatic heterocycles. The molecule has 2 atom stereocenters. The molecule has 17 heavy (non-hydrogen) atoms. The second kappa shape index (κ2) is 3.47. The molecule has 1 fully saturated rings. The lowest BCUT2D eigenvalue weighted by atomic mass is 9.70. The summed E-state index contributed by atoms with van der Waals surface area (Å²) in [6, 6.07) is 0. The molecule has 3 aliphatic rings. The van der Waals surface area contributed by atoms with Crippen LogP contribution in [0.2, 0.25) is 0 Å². The Morgan fingerprint density at radius 1 is 1.29 bits per heavy atom. The molecule has 0 saturated heterocycles. The van der Waals surface area contributed by atoms with Crippen molar-refractivity contribution < 1.29 is 9.90 Å². The fourth-order valence-electron chi connectivity index (χ4n) is 4.34. The van der Waals surface area contributed by atoms with Gasteiger partial charge in [0, 0.05) is 17.9 Å². The zero-order valence-electron chi connectivity index (χ0n) is 10.6. The monoisotopic (exact) mass is 232 g/mol. The van der Waals surface area contributed by atoms with Crippen LogP contribution in [0.25, 0.3) is 0 Å². The summed E-state index contributed by atoms with van der Waals surface area (Å²) in [4.78, 5) is 11.9. The summed E-state index contributed by atoms with van der Waals surface area (Å²) in [7, 11) is 0. The Bertz CT molecular complexity index is 440. The molecule has 3 aliphatic carbocycles. The van der Waals surface area contributed by atoms with Crippen molar-refractivity contribution >= 4 is 5.78 Å². The molecular formula is C15H20O2. The van der Waals surface area contributed by atoms with Crippen LogP contribution in [0, 0.1) is 17.3 Å². The van der Waals surface area contributed by atoms with Gasteiger partial charge < -0.3 is 5.11 Å². The van der Waals surface area contributed by atoms with Crippen LogP contribution in [-0.4, -0.2) is 10.9 Å². The Labute approximate surface area is 102 Å². The largest absolute Gasteiger partial charge is 0.515 e. The van der Waals surface area contributed by atoms with Crippen LogP contribution < -0.4 is 0 Å². The quantitative estimate of drug-likeness (QED) is 0.394. The van der Waals surface area contributed by atoms with Crippen molar-refractivity contribution in [3.05, 3.63) is 23.0 Å². The highest BCUT2D eigenvalue weighted by molar-refractivity contribution is 5.99. The average molecular weight is 232 g/mol. The van der Waals surface area contributed by atoms with Gasteiger partial charge in [0.05, 0.1) is 6.26 Å². The maximum atomic E-state index is 11.9. The van der Waals surface area contributed by atoms with E-state index in [1.165, 1.54) is 19.3 Å². The third-order valence-electron chi connectivity index (χ3n) is 4.98. The number of allylic oxidation sites excluding steroid dienone is 3. The summed E-state index contributed by atoms with van der Waals surface area (Å²) in [6.07, 6.45) is 6.43. The van der Waals surface area contributed by atoms with Gasteiger partial charge in [0.2, 0.25) is 0 Å². The van der Waals surface area contributed by atoms with Crippen molar-refractivity contribution in [2.45, 2.75) is 46.0 Å². The summed E-state index contributed by atoms with van der Waals surface area (Å²) in [5.74, 6) is 0.844. The van der Waals surface area contributed by atoms with E-state index in [1.54, 1.807) is 11.1 Å². The Morgan fingerprint density at radius 3 is 2.76 bits per heavy atom. The number of fused-ring (bicyclic) bond motifs is 2. The minimum Gasteiger partial charge on any atom is -0.515 e. The molecular weight excluding hydrogens is 212 g/mol. The highest BCUT2D eigenvalue weighted by Crippen LogP contribution is 2.58. The van der Waals surface area contributed by atoms with E-state index in [2.05, 4.69) is 13.8 Å². The van der Waals surface area contributed by atoms with Crippen LogP contribution in [0.3, 0.4) is 0 Å². The highest BCUT2D eigenvalue weighted by Gasteiger charge is 2.49. The minimum atomic E-state index is 0.162. The summed E-state index contributed by atoms with van der Waals surface area (Å²) >= 11 is 0. The predicted octanol–water partition coefficient (Wildman–Crippen LogP) is 3.54. The molecule has 0 radical (unpaired) electrons. The van der Waals surface area contributed by atoms with Gasteiger partial charge in [-0.25, -0.2) is 0 Å². The molecule has 0 aromatic rings. The first-order chi connectivity index (χ1) is 8.04. The second-order valence-corrected chi connectivity index (χ2v) is 6.38. The van der Waals surface area contributed by atoms with Crippen LogP contribution in [0.15, 0.2) is 23.0 Å². The molecule has 0 bridgehead atoms. The van der Waals surface area contributed by atoms with Crippen LogP contribution in [-0.2, 0) is 4.79 Å². The molecule has 0 heterocycles. The SMILES string of the molecule is CC1(C)CCCC2=C1C1CC(=O)/C(=C/O)C1C2. The zero-order valence-corrected chi connectivity index (χ0v) is 10.6. The summed E-state index contributed by atoms with van der Waals surface area (Å²) in [5, 5.41) is 9.25. The van der Waals surface area contributed by atoms with Crippen molar-refractivity contribution in [3.63, 3.8) is 0 Å². The lowest BCUT2D eigenvalue weighted by Crippen LogP contribution is -2.23. The number of carbonyl (C=O) groups is 1. The molecule has 2 unspecified atom stereocenters. The van der Waals surface area contributed by atoms with Crippen molar-refractivity contribution in [1.29, 1.82) is 0 Å². The molecule has 0 spiro atoms. The number of Topliss-reactive ketones (excluding diaryl/α,β-unsaturated/α-hetero) is 1. The van der Waals surface area contributed by atoms with E-state index in [-0.39, 0.29) is 17.1 Å². The van der Waals surface area contributed by atoms with Crippen LogP contribution in [0.4, 0.5) is 0 Å². The standard InChI is InChI=1S/C15H20O2/c1-15(2)5-3-4-9-6-10-11(14(9)15)7-13(17)12(10)8-16/h8,10-11,16H,3-7H2,1-2H3/b12-8+. The van der Waals surface area contributed by atoms with Crippen LogP contribution in [0.1, 0.15) is 46.0 Å². The van der Waals surface area contributed by atoms with Crippen molar-refractivity contribution in [1.82, 2.24) is 0 Å². The van der Waals surface area contributed by atoms with Gasteiger partial charge in [-0.15, -0.1) is 0 Å². The van der Waals surface area contributed by atoms with Gasteiger partial charge in [0.25, 0.3) is 0 Å². The maximum absolute atomic E-state index is 11.9. The van der Waals surface area contributed by atoms with Gasteiger partial charge in [-0.05, 0) is 37.0 Å². The molecule has 2 heteroatoms. The number of ketones is 1. The Hall–Kier alpha value is -1.05. The molecule has 1 saturated carbocycles. The van der Waals surface area contributed by atoms with Gasteiger partial charge in [-0.3, -0.25) is 4.79 Å². The topological polar surface area (TPSA) is 37.3 Å². The van der Waals surface area contributed by atoms with Gasteiger partial charge in [-0.2, -0.15) is 0 Å². The fraction of sp³-hybridized carbons (Fsp3) is 0.667. The summed E-state index contributed by atoms with van der Waals surface area (Å²) in [5.41, 5.74) is 4.08. The van der Waals surface area contributed by atoms with E-state index in [0.717, 1.165) is 12.7 Å². The van der Waals surface area contributed by atoms with Gasteiger partial charge >= 0.3 is 0 Å². The smallest absolute Gasteiger partial charge is 0.162 e. The molecule has 92 valence electrons. The normalized spacial score (nSPS) is 37.5. The van der Waals surface area contributed by atoms with E-state index < -0.39 is 0 Å². The Kier molecular flexibility index (Phi) is 2.26. The average Bonchev–Trinajstić information content (AvgIpc) is 2.71. The first-order valence-electron chi connectivity index (χ1n) is 6.64. The second-order valence-electron chi connectivity index (χ2n) is 6.38. The number of rotatable bonds is 0. The number of hydrogen-bond acceptors (Lipinski definition) is 2. The molecule has 1 N–H and O–H groups in total. The van der Waals surface area contributed by atoms with Gasteiger partial charge in [-0.1, -0.05) is 25.0 Å². The third-order valence-corrected chi connectivity index (χ3v) is 4.98. The van der Waals surface area contributed by atoms with Gasteiger partial charge in [0.1, 0.15) is 0 Å². The van der Waals surface area contributed by atoms with E-state index >= 15 is 0 Å². The molecule has 0 amide bonds. The molecule has 0 aromatic carbocycles. The lowest BCUT2D eigenvalue weighted by Gasteiger charge is -2.35. The van der Waals surface area contributed by atoms with Gasteiger partial charge in [0.15, 0.2) is 5.78 Å². The predicted molar refractivity (Wildman–Crippen MR) is 66.6 cm³/mol. The summed E-state index contributed by atoms with van der Waals surface area (Å²) in [6.45, 7) is 4.63. The van der Waals surface area contributed by atoms with E-state index in [0.29, 0.717) is 17.9 Å². The third kappa shape index (κ3) is 1.42. The Morgan fingerprint density at radius 2 is 2.06 bits per heavy atom. The van der Waals surface area contributed by atoms with Crippen LogP contribution >= 0.6 is 0 Å². The molecule has 2 nitrogen and oxygen atoms in total. The minimum absolute atomic E-state index is 0.162. The van der Waals surface area contributed by atoms with E-state index in [4.69, 9.17) is 0 Å². The number of aliphatic hydroxyl groups is 1. The fourth-order valence-corrected chi connectivity index (χ4v) is 4.34. The zero-order chi connectivity index (χ0) is 12.2. The first-order valence-corrected chi connectivity index (χ1v) is 6.64. The maximum Gasteiger partial charge on any atom is 0.162 e. The number of hydrogen-bond donors (Lipinski definition) is 1. The highest BCUT2D eigenvalue weighted by atomic mass is 16.2.